The fraction of sp³-hybridized carbons (Fsp3) is 0.500. The lowest BCUT2D eigenvalue weighted by Gasteiger charge is -2.43. The lowest BCUT2D eigenvalue weighted by molar-refractivity contribution is -0.395. The van der Waals surface area contributed by atoms with Gasteiger partial charge in [0.15, 0.2) is 12.2 Å². The normalized spacial score (nSPS) is 23.1. The quantitative estimate of drug-likeness (QED) is 0.194. The van der Waals surface area contributed by atoms with Gasteiger partial charge in [-0.2, -0.15) is 0 Å². The van der Waals surface area contributed by atoms with E-state index in [9.17, 15) is 39.4 Å². The zero-order chi connectivity index (χ0) is 27.2. The van der Waals surface area contributed by atoms with Crippen LogP contribution in [0.4, 0.5) is 11.4 Å². The molecule has 0 radical (unpaired) electrons. The van der Waals surface area contributed by atoms with E-state index in [0.29, 0.717) is 6.07 Å². The van der Waals surface area contributed by atoms with Gasteiger partial charge in [-0.3, -0.25) is 39.4 Å². The third-order valence-corrected chi connectivity index (χ3v) is 4.54. The molecule has 0 spiro atoms. The Kier molecular flexibility index (Phi) is 9.20. The Morgan fingerprint density at radius 1 is 0.833 bits per heavy atom. The molecule has 1 aliphatic rings. The lowest BCUT2D eigenvalue weighted by atomic mass is 9.98. The summed E-state index contributed by atoms with van der Waals surface area (Å²) in [4.78, 5) is 67.5. The number of nitro groups is 2. The Labute approximate surface area is 202 Å². The van der Waals surface area contributed by atoms with Gasteiger partial charge in [-0.1, -0.05) is 0 Å². The number of rotatable bonds is 9. The number of non-ortho nitro benzene ring substituents is 1. The van der Waals surface area contributed by atoms with Crippen LogP contribution < -0.4 is 4.74 Å². The molecular formula is C20H22N2O14. The van der Waals surface area contributed by atoms with Crippen molar-refractivity contribution in [1.82, 2.24) is 0 Å². The summed E-state index contributed by atoms with van der Waals surface area (Å²) in [6.45, 7) is 3.60. The third-order valence-electron chi connectivity index (χ3n) is 4.54. The first-order chi connectivity index (χ1) is 16.8. The van der Waals surface area contributed by atoms with Gasteiger partial charge >= 0.3 is 29.6 Å². The van der Waals surface area contributed by atoms with Crippen LogP contribution in [-0.2, 0) is 42.9 Å². The number of nitrogens with zero attached hydrogens (tertiary/aromatic N) is 2. The van der Waals surface area contributed by atoms with E-state index in [0.717, 1.165) is 39.8 Å². The van der Waals surface area contributed by atoms with Crippen molar-refractivity contribution in [2.45, 2.75) is 58.4 Å². The van der Waals surface area contributed by atoms with Gasteiger partial charge in [0.05, 0.1) is 15.9 Å². The number of benzene rings is 1. The minimum Gasteiger partial charge on any atom is -0.463 e. The molecule has 0 aromatic heterocycles. The largest absolute Gasteiger partial charge is 0.463 e. The standard InChI is InChI=1S/C20H22N2O14/c1-9(23)31-8-16-17(32-10(2)24)18(33-11(3)25)19(34-12(4)26)20(36-16)35-15-6-5-13(21(27)28)7-14(15)22(29)30/h5-7,16-20H,8H2,1-4H3/t16-,17-,18+,19-,20-/m1/s1. The van der Waals surface area contributed by atoms with Gasteiger partial charge in [0.2, 0.25) is 18.1 Å². The number of carbonyl (C=O) groups excluding carboxylic acids is 4. The molecule has 0 unspecified atom stereocenters. The number of nitro benzene ring substituents is 2. The molecule has 196 valence electrons. The van der Waals surface area contributed by atoms with Crippen molar-refractivity contribution in [1.29, 1.82) is 0 Å². The number of carbonyl (C=O) groups is 4. The van der Waals surface area contributed by atoms with Crippen LogP contribution in [0.5, 0.6) is 5.75 Å². The highest BCUT2D eigenvalue weighted by molar-refractivity contribution is 5.68. The van der Waals surface area contributed by atoms with Crippen LogP contribution in [0.2, 0.25) is 0 Å². The molecule has 0 amide bonds. The molecule has 5 atom stereocenters. The fourth-order valence-corrected chi connectivity index (χ4v) is 3.27. The average molecular weight is 514 g/mol. The number of hydrogen-bond donors (Lipinski definition) is 0. The predicted molar refractivity (Wildman–Crippen MR) is 112 cm³/mol. The number of ether oxygens (including phenoxy) is 6. The lowest BCUT2D eigenvalue weighted by Crippen LogP contribution is -2.63. The van der Waals surface area contributed by atoms with Crippen LogP contribution in [-0.4, -0.2) is 71.0 Å². The fourth-order valence-electron chi connectivity index (χ4n) is 3.27. The first kappa shape index (κ1) is 27.9. The van der Waals surface area contributed by atoms with Crippen molar-refractivity contribution in [2.75, 3.05) is 6.61 Å². The molecular weight excluding hydrogens is 492 g/mol. The summed E-state index contributed by atoms with van der Waals surface area (Å²) in [7, 11) is 0. The minimum atomic E-state index is -1.74. The number of hydrogen-bond acceptors (Lipinski definition) is 14. The Bertz CT molecular complexity index is 1060. The van der Waals surface area contributed by atoms with Crippen LogP contribution in [0.25, 0.3) is 0 Å². The Hall–Kier alpha value is -4.34. The zero-order valence-corrected chi connectivity index (χ0v) is 19.4. The Morgan fingerprint density at radius 3 is 1.89 bits per heavy atom. The summed E-state index contributed by atoms with van der Waals surface area (Å²) in [5.74, 6) is -3.91. The van der Waals surface area contributed by atoms with Crippen molar-refractivity contribution >= 4 is 35.3 Å². The molecule has 16 nitrogen and oxygen atoms in total. The molecule has 1 aliphatic heterocycles. The average Bonchev–Trinajstić information content (AvgIpc) is 2.75. The molecule has 1 heterocycles. The zero-order valence-electron chi connectivity index (χ0n) is 19.4. The Morgan fingerprint density at radius 2 is 1.39 bits per heavy atom. The van der Waals surface area contributed by atoms with Crippen molar-refractivity contribution in [2.24, 2.45) is 0 Å². The van der Waals surface area contributed by atoms with Crippen LogP contribution >= 0.6 is 0 Å². The molecule has 1 saturated heterocycles. The summed E-state index contributed by atoms with van der Waals surface area (Å²) in [6, 6.07) is 2.48. The summed E-state index contributed by atoms with van der Waals surface area (Å²) < 4.78 is 31.8. The molecule has 0 bridgehead atoms. The molecule has 16 heteroatoms. The van der Waals surface area contributed by atoms with E-state index in [2.05, 4.69) is 0 Å². The van der Waals surface area contributed by atoms with Crippen molar-refractivity contribution in [3.05, 3.63) is 38.4 Å². The second-order valence-corrected chi connectivity index (χ2v) is 7.35. The third kappa shape index (κ3) is 7.33. The maximum Gasteiger partial charge on any atom is 0.317 e. The second kappa shape index (κ2) is 11.9. The van der Waals surface area contributed by atoms with E-state index in [4.69, 9.17) is 28.4 Å². The molecule has 1 fully saturated rings. The second-order valence-electron chi connectivity index (χ2n) is 7.35. The van der Waals surface area contributed by atoms with E-state index in [1.54, 1.807) is 0 Å². The topological polar surface area (TPSA) is 210 Å². The van der Waals surface area contributed by atoms with Gasteiger partial charge in [0, 0.05) is 33.8 Å². The minimum absolute atomic E-state index is 0.522. The van der Waals surface area contributed by atoms with Gasteiger partial charge in [-0.15, -0.1) is 0 Å². The Balaban J connectivity index is 2.57. The summed E-state index contributed by atoms with van der Waals surface area (Å²) in [5.41, 5.74) is -1.42. The molecule has 0 N–H and O–H groups in total. The van der Waals surface area contributed by atoms with E-state index in [1.165, 1.54) is 0 Å². The van der Waals surface area contributed by atoms with Gasteiger partial charge in [0.1, 0.15) is 12.7 Å². The molecule has 2 rings (SSSR count). The van der Waals surface area contributed by atoms with Gasteiger partial charge in [0.25, 0.3) is 5.69 Å². The highest BCUT2D eigenvalue weighted by Crippen LogP contribution is 2.36. The SMILES string of the molecule is CC(=O)OC[C@H]1O[C@@H](Oc2ccc([N+](=O)[O-])cc2[N+](=O)[O-])[C@H](OC(C)=O)[C@@H](OC(C)=O)[C@@H]1OC(C)=O. The molecule has 0 saturated carbocycles. The maximum atomic E-state index is 11.8. The van der Waals surface area contributed by atoms with Gasteiger partial charge in [-0.25, -0.2) is 0 Å². The number of esters is 4. The van der Waals surface area contributed by atoms with Crippen LogP contribution in [0.1, 0.15) is 27.7 Å². The summed E-state index contributed by atoms with van der Waals surface area (Å²) in [6.07, 6.45) is -7.76. The van der Waals surface area contributed by atoms with Crippen LogP contribution in [0.3, 0.4) is 0 Å². The summed E-state index contributed by atoms with van der Waals surface area (Å²) in [5, 5.41) is 22.5. The summed E-state index contributed by atoms with van der Waals surface area (Å²) >= 11 is 0. The molecule has 1 aromatic rings. The van der Waals surface area contributed by atoms with Gasteiger partial charge < -0.3 is 28.4 Å². The van der Waals surface area contributed by atoms with Crippen molar-refractivity contribution in [3.63, 3.8) is 0 Å². The molecule has 0 aliphatic carbocycles. The molecule has 1 aromatic carbocycles. The van der Waals surface area contributed by atoms with Crippen molar-refractivity contribution < 1.29 is 57.4 Å². The van der Waals surface area contributed by atoms with E-state index in [-0.39, 0.29) is 0 Å². The van der Waals surface area contributed by atoms with E-state index < -0.39 is 88.2 Å². The van der Waals surface area contributed by atoms with Crippen LogP contribution in [0.15, 0.2) is 18.2 Å². The maximum absolute atomic E-state index is 11.8. The molecule has 36 heavy (non-hydrogen) atoms. The predicted octanol–water partition coefficient (Wildman–Crippen LogP) is 0.965. The van der Waals surface area contributed by atoms with E-state index >= 15 is 0 Å². The monoisotopic (exact) mass is 514 g/mol. The van der Waals surface area contributed by atoms with Crippen LogP contribution in [0, 0.1) is 20.2 Å². The highest BCUT2D eigenvalue weighted by atomic mass is 16.7. The first-order valence-electron chi connectivity index (χ1n) is 10.2. The smallest absolute Gasteiger partial charge is 0.317 e. The van der Waals surface area contributed by atoms with Gasteiger partial charge in [-0.05, 0) is 6.07 Å². The van der Waals surface area contributed by atoms with E-state index in [1.807, 2.05) is 0 Å². The highest BCUT2D eigenvalue weighted by Gasteiger charge is 2.53. The first-order valence-corrected chi connectivity index (χ1v) is 10.2. The van der Waals surface area contributed by atoms with Crippen molar-refractivity contribution in [3.8, 4) is 5.75 Å².